The van der Waals surface area contributed by atoms with Crippen molar-refractivity contribution < 1.29 is 37.0 Å². The summed E-state index contributed by atoms with van der Waals surface area (Å²) in [6.45, 7) is 3.48. The van der Waals surface area contributed by atoms with Crippen LogP contribution in [0.25, 0.3) is 6.08 Å². The first-order valence-electron chi connectivity index (χ1n) is 14.0. The van der Waals surface area contributed by atoms with Gasteiger partial charge in [-0.15, -0.1) is 0 Å². The summed E-state index contributed by atoms with van der Waals surface area (Å²) in [4.78, 5) is 42.2. The van der Waals surface area contributed by atoms with Crippen LogP contribution in [0.3, 0.4) is 0 Å². The summed E-state index contributed by atoms with van der Waals surface area (Å²) in [6.07, 6.45) is -3.49. The molecule has 0 aliphatic carbocycles. The van der Waals surface area contributed by atoms with Crippen molar-refractivity contribution in [2.45, 2.75) is 32.7 Å². The second-order valence-electron chi connectivity index (χ2n) is 9.89. The Morgan fingerprint density at radius 3 is 2.30 bits per heavy atom. The summed E-state index contributed by atoms with van der Waals surface area (Å²) in [5.41, 5.74) is -0.868. The van der Waals surface area contributed by atoms with Crippen LogP contribution in [0.1, 0.15) is 46.9 Å². The zero-order valence-corrected chi connectivity index (χ0v) is 26.0. The number of aromatic nitrogens is 1. The highest BCUT2D eigenvalue weighted by Gasteiger charge is 2.45. The minimum absolute atomic E-state index is 0.0936. The molecule has 0 saturated heterocycles. The molecule has 0 radical (unpaired) electrons. The third-order valence-corrected chi connectivity index (χ3v) is 8.04. The number of hydrogen-bond donors (Lipinski definition) is 0. The first-order chi connectivity index (χ1) is 22.0. The Labute approximate surface area is 269 Å². The standard InChI is InChI=1S/C33H26ClF3N2O6S/c1-3-43-30(41)22-10-8-19(9-11-22)18-45-24-7-5-6-20(16-24)17-25-29(40)39-27(21-12-14-23(34)15-13-21)26(31(42)44-4-2)28(33(35,36)37)38-32(39)46-25/h5-17,27H,3-4,18H2,1-2H3/b25-17-/t27-/m1/s1. The lowest BCUT2D eigenvalue weighted by Gasteiger charge is -2.26. The van der Waals surface area contributed by atoms with Crippen molar-refractivity contribution in [1.82, 2.24) is 4.57 Å². The Kier molecular flexibility index (Phi) is 9.78. The van der Waals surface area contributed by atoms with Gasteiger partial charge in [0.15, 0.2) is 10.5 Å². The highest BCUT2D eigenvalue weighted by atomic mass is 35.5. The highest BCUT2D eigenvalue weighted by Crippen LogP contribution is 2.38. The van der Waals surface area contributed by atoms with Gasteiger partial charge in [0.25, 0.3) is 5.56 Å². The number of hydrogen-bond acceptors (Lipinski definition) is 8. The van der Waals surface area contributed by atoms with E-state index < -0.39 is 41.0 Å². The topological polar surface area (TPSA) is 96.2 Å². The van der Waals surface area contributed by atoms with Crippen LogP contribution in [0.15, 0.2) is 93.9 Å². The Morgan fingerprint density at radius 2 is 1.65 bits per heavy atom. The Morgan fingerprint density at radius 1 is 0.978 bits per heavy atom. The number of nitrogens with zero attached hydrogens (tertiary/aromatic N) is 2. The molecule has 0 unspecified atom stereocenters. The van der Waals surface area contributed by atoms with Crippen molar-refractivity contribution in [2.75, 3.05) is 13.2 Å². The first kappa shape index (κ1) is 32.7. The maximum atomic E-state index is 14.3. The maximum absolute atomic E-state index is 14.3. The molecule has 0 fully saturated rings. The lowest BCUT2D eigenvalue weighted by Crippen LogP contribution is -2.41. The van der Waals surface area contributed by atoms with E-state index in [4.69, 9.17) is 25.8 Å². The quantitative estimate of drug-likeness (QED) is 0.211. The van der Waals surface area contributed by atoms with Crippen LogP contribution < -0.4 is 19.6 Å². The molecule has 0 N–H and O–H groups in total. The summed E-state index contributed by atoms with van der Waals surface area (Å²) in [6, 6.07) is 17.9. The van der Waals surface area contributed by atoms with Crippen LogP contribution in [0.4, 0.5) is 13.2 Å². The minimum Gasteiger partial charge on any atom is -0.489 e. The van der Waals surface area contributed by atoms with E-state index in [-0.39, 0.29) is 34.7 Å². The number of alkyl halides is 3. The van der Waals surface area contributed by atoms with Crippen molar-refractivity contribution in [3.8, 4) is 5.75 Å². The van der Waals surface area contributed by atoms with E-state index in [1.165, 1.54) is 37.3 Å². The van der Waals surface area contributed by atoms with Gasteiger partial charge in [-0.1, -0.05) is 59.3 Å². The van der Waals surface area contributed by atoms with Gasteiger partial charge in [0, 0.05) is 5.02 Å². The molecule has 1 aliphatic rings. The lowest BCUT2D eigenvalue weighted by molar-refractivity contribution is -0.140. The monoisotopic (exact) mass is 670 g/mol. The number of carbonyl (C=O) groups is 2. The van der Waals surface area contributed by atoms with Crippen LogP contribution in [0.5, 0.6) is 5.75 Å². The summed E-state index contributed by atoms with van der Waals surface area (Å²) >= 11 is 6.79. The fourth-order valence-corrected chi connectivity index (χ4v) is 5.89. The normalized spacial score (nSPS) is 14.8. The van der Waals surface area contributed by atoms with Crippen molar-refractivity contribution in [2.24, 2.45) is 4.99 Å². The van der Waals surface area contributed by atoms with E-state index >= 15 is 0 Å². The molecule has 1 aromatic heterocycles. The molecule has 0 spiro atoms. The number of esters is 2. The Hall–Kier alpha value is -4.68. The zero-order chi connectivity index (χ0) is 33.0. The van der Waals surface area contributed by atoms with Gasteiger partial charge in [-0.05, 0) is 73.0 Å². The number of allylic oxidation sites excluding steroid dienone is 1. The molecule has 0 saturated carbocycles. The van der Waals surface area contributed by atoms with Gasteiger partial charge < -0.3 is 14.2 Å². The van der Waals surface area contributed by atoms with Crippen LogP contribution in [0, 0.1) is 0 Å². The molecule has 4 aromatic rings. The van der Waals surface area contributed by atoms with E-state index in [2.05, 4.69) is 4.99 Å². The molecule has 5 rings (SSSR count). The highest BCUT2D eigenvalue weighted by molar-refractivity contribution is 7.07. The van der Waals surface area contributed by atoms with Gasteiger partial charge in [-0.25, -0.2) is 14.6 Å². The number of benzene rings is 3. The molecular weight excluding hydrogens is 645 g/mol. The number of fused-ring (bicyclic) bond motifs is 1. The second kappa shape index (κ2) is 13.8. The molecule has 0 amide bonds. The predicted octanol–water partition coefficient (Wildman–Crippen LogP) is 5.75. The summed E-state index contributed by atoms with van der Waals surface area (Å²) in [5, 5.41) is 0.324. The fraction of sp³-hybridized carbons (Fsp3) is 0.212. The SMILES string of the molecule is CCOC(=O)C1=C(C(F)(F)F)N=c2s/c(=C\c3cccc(OCc4ccc(C(=O)OCC)cc4)c3)c(=O)n2[C@@H]1c1ccc(Cl)cc1. The molecule has 1 atom stereocenters. The first-order valence-corrected chi connectivity index (χ1v) is 15.2. The van der Waals surface area contributed by atoms with Crippen LogP contribution in [0.2, 0.25) is 5.02 Å². The maximum Gasteiger partial charge on any atom is 0.434 e. The van der Waals surface area contributed by atoms with Crippen molar-refractivity contribution in [3.05, 3.63) is 131 Å². The van der Waals surface area contributed by atoms with Crippen molar-refractivity contribution in [1.29, 1.82) is 0 Å². The van der Waals surface area contributed by atoms with Crippen molar-refractivity contribution in [3.63, 3.8) is 0 Å². The van der Waals surface area contributed by atoms with E-state index in [0.29, 0.717) is 21.9 Å². The molecule has 13 heteroatoms. The van der Waals surface area contributed by atoms with E-state index in [0.717, 1.165) is 21.5 Å². The van der Waals surface area contributed by atoms with Gasteiger partial charge in [0.2, 0.25) is 0 Å². The fourth-order valence-electron chi connectivity index (χ4n) is 4.76. The predicted molar refractivity (Wildman–Crippen MR) is 165 cm³/mol. The summed E-state index contributed by atoms with van der Waals surface area (Å²) < 4.78 is 60.0. The van der Waals surface area contributed by atoms with Gasteiger partial charge >= 0.3 is 18.1 Å². The molecule has 2 heterocycles. The number of halogens is 4. The van der Waals surface area contributed by atoms with Gasteiger partial charge in [0.1, 0.15) is 12.4 Å². The third-order valence-electron chi connectivity index (χ3n) is 6.81. The average molecular weight is 671 g/mol. The minimum atomic E-state index is -5.01. The number of thiazole rings is 1. The Bertz CT molecular complexity index is 1980. The smallest absolute Gasteiger partial charge is 0.434 e. The molecule has 238 valence electrons. The third kappa shape index (κ3) is 7.08. The van der Waals surface area contributed by atoms with E-state index in [1.807, 2.05) is 0 Å². The van der Waals surface area contributed by atoms with Crippen molar-refractivity contribution >= 4 is 41.0 Å². The Balaban J connectivity index is 1.52. The largest absolute Gasteiger partial charge is 0.489 e. The average Bonchev–Trinajstić information content (AvgIpc) is 3.34. The number of ether oxygens (including phenoxy) is 3. The molecule has 8 nitrogen and oxygen atoms in total. The van der Waals surface area contributed by atoms with E-state index in [1.54, 1.807) is 55.5 Å². The van der Waals surface area contributed by atoms with Gasteiger partial charge in [-0.2, -0.15) is 13.2 Å². The second-order valence-corrected chi connectivity index (χ2v) is 11.3. The van der Waals surface area contributed by atoms with Gasteiger partial charge in [-0.3, -0.25) is 9.36 Å². The number of carbonyl (C=O) groups excluding carboxylic acids is 2. The lowest BCUT2D eigenvalue weighted by atomic mass is 9.95. The van der Waals surface area contributed by atoms with Crippen LogP contribution in [-0.2, 0) is 20.9 Å². The van der Waals surface area contributed by atoms with Crippen LogP contribution in [-0.4, -0.2) is 35.9 Å². The molecule has 1 aliphatic heterocycles. The number of rotatable bonds is 9. The molecular formula is C33H26ClF3N2O6S. The molecule has 0 bridgehead atoms. The zero-order valence-electron chi connectivity index (χ0n) is 24.5. The summed E-state index contributed by atoms with van der Waals surface area (Å²) in [7, 11) is 0. The van der Waals surface area contributed by atoms with Crippen LogP contribution >= 0.6 is 22.9 Å². The molecule has 46 heavy (non-hydrogen) atoms. The summed E-state index contributed by atoms with van der Waals surface area (Å²) in [5.74, 6) is -1.17. The van der Waals surface area contributed by atoms with E-state index in [9.17, 15) is 27.6 Å². The van der Waals surface area contributed by atoms with Gasteiger partial charge in [0.05, 0.1) is 34.9 Å². The molecule has 3 aromatic carbocycles.